The number of hydrogen-bond donors (Lipinski definition) is 2. The Labute approximate surface area is 194 Å². The first-order valence-corrected chi connectivity index (χ1v) is 11.5. The van der Waals surface area contributed by atoms with Crippen molar-refractivity contribution in [3.8, 4) is 0 Å². The van der Waals surface area contributed by atoms with Gasteiger partial charge in [-0.05, 0) is 74.0 Å². The topological polar surface area (TPSA) is 84.2 Å². The van der Waals surface area contributed by atoms with E-state index >= 15 is 0 Å². The van der Waals surface area contributed by atoms with Crippen LogP contribution in [0.1, 0.15) is 44.9 Å². The molecule has 2 aromatic rings. The van der Waals surface area contributed by atoms with Gasteiger partial charge in [0, 0.05) is 5.69 Å². The average molecular weight is 483 g/mol. The van der Waals surface area contributed by atoms with E-state index in [-0.39, 0.29) is 22.4 Å². The molecule has 4 saturated carbocycles. The minimum atomic E-state index is -0.767. The maximum absolute atomic E-state index is 13.3. The minimum absolute atomic E-state index is 0.0594. The van der Waals surface area contributed by atoms with E-state index in [1.54, 1.807) is 29.1 Å². The highest BCUT2D eigenvalue weighted by atomic mass is 35.5. The fourth-order valence-electron chi connectivity index (χ4n) is 6.76. The summed E-state index contributed by atoms with van der Waals surface area (Å²) in [7, 11) is 0. The molecule has 4 aliphatic carbocycles. The molecule has 31 heavy (non-hydrogen) atoms. The lowest BCUT2D eigenvalue weighted by atomic mass is 9.46. The summed E-state index contributed by atoms with van der Waals surface area (Å²) in [5.41, 5.74) is -0.0148. The average Bonchev–Trinajstić information content (AvgIpc) is 2.66. The van der Waals surface area contributed by atoms with Gasteiger partial charge in [0.1, 0.15) is 5.02 Å². The van der Waals surface area contributed by atoms with Gasteiger partial charge < -0.3 is 10.4 Å². The number of carboxylic acid groups (broad SMARTS) is 1. The predicted octanol–water partition coefficient (Wildman–Crippen LogP) is 5.72. The first-order valence-electron chi connectivity index (χ1n) is 10.4. The summed E-state index contributed by atoms with van der Waals surface area (Å²) >= 11 is 18.5. The highest BCUT2D eigenvalue weighted by Crippen LogP contribution is 2.65. The molecule has 0 amide bonds. The summed E-state index contributed by atoms with van der Waals surface area (Å²) in [6.45, 7) is 0. The van der Waals surface area contributed by atoms with E-state index in [0.29, 0.717) is 39.7 Å². The van der Waals surface area contributed by atoms with Crippen LogP contribution in [-0.2, 0) is 10.3 Å². The molecule has 4 bridgehead atoms. The number of benzene rings is 1. The van der Waals surface area contributed by atoms with Crippen LogP contribution in [0.15, 0.2) is 29.2 Å². The summed E-state index contributed by atoms with van der Waals surface area (Å²) in [6.07, 6.45) is 7.07. The van der Waals surface area contributed by atoms with E-state index in [4.69, 9.17) is 34.8 Å². The van der Waals surface area contributed by atoms with E-state index < -0.39 is 11.5 Å². The van der Waals surface area contributed by atoms with Crippen molar-refractivity contribution in [2.75, 3.05) is 5.32 Å². The van der Waals surface area contributed by atoms with Crippen LogP contribution >= 0.6 is 34.8 Å². The molecular weight excluding hydrogens is 461 g/mol. The summed E-state index contributed by atoms with van der Waals surface area (Å²) in [5.74, 6) is 0.0979. The maximum atomic E-state index is 13.3. The molecule has 164 valence electrons. The zero-order chi connectivity index (χ0) is 22.0. The highest BCUT2D eigenvalue weighted by molar-refractivity contribution is 6.42. The molecular formula is C22H22Cl3N3O3. The van der Waals surface area contributed by atoms with Crippen LogP contribution in [0.2, 0.25) is 15.1 Å². The van der Waals surface area contributed by atoms with Gasteiger partial charge in [0.2, 0.25) is 0 Å². The quantitative estimate of drug-likeness (QED) is 0.569. The fourth-order valence-corrected chi connectivity index (χ4v) is 7.24. The van der Waals surface area contributed by atoms with Crippen molar-refractivity contribution in [1.29, 1.82) is 0 Å². The Balaban J connectivity index is 1.49. The van der Waals surface area contributed by atoms with Gasteiger partial charge in [-0.15, -0.1) is 0 Å². The van der Waals surface area contributed by atoms with Gasteiger partial charge in [-0.2, -0.15) is 5.10 Å². The number of halogens is 3. The van der Waals surface area contributed by atoms with Gasteiger partial charge in [0.05, 0.1) is 33.9 Å². The summed E-state index contributed by atoms with van der Waals surface area (Å²) < 4.78 is 1.55. The van der Waals surface area contributed by atoms with Crippen LogP contribution in [0.4, 0.5) is 11.4 Å². The molecule has 0 aliphatic heterocycles. The third-order valence-corrected chi connectivity index (χ3v) is 8.35. The molecule has 1 aromatic carbocycles. The first kappa shape index (κ1) is 21.1. The molecule has 2 atom stereocenters. The molecule has 0 radical (unpaired) electrons. The van der Waals surface area contributed by atoms with Crippen LogP contribution in [0.3, 0.4) is 0 Å². The minimum Gasteiger partial charge on any atom is -0.481 e. The molecule has 2 unspecified atom stereocenters. The molecule has 9 heteroatoms. The lowest BCUT2D eigenvalue weighted by Gasteiger charge is -2.61. The second-order valence-electron chi connectivity index (χ2n) is 9.60. The zero-order valence-corrected chi connectivity index (χ0v) is 19.0. The van der Waals surface area contributed by atoms with Crippen molar-refractivity contribution in [3.05, 3.63) is 49.8 Å². The number of anilines is 2. The SMILES string of the molecule is O=C(O)CC12CC3CC(C1)CC(n1ncc(Nc4ccc(Cl)c(Cl)c4)c(Cl)c1=O)(C3)C2. The largest absolute Gasteiger partial charge is 0.481 e. The molecule has 6 rings (SSSR count). The molecule has 1 aromatic heterocycles. The standard InChI is InChI=1S/C22H22Cl3N3O3/c23-15-2-1-14(4-16(15)24)27-17-10-26-28(20(31)19(17)25)22-7-12-3-13(8-22)6-21(5-12,11-22)9-18(29)30/h1-2,4,10,12-13,27H,3,5-9,11H2,(H,29,30). The molecule has 4 fully saturated rings. The number of carboxylic acids is 1. The van der Waals surface area contributed by atoms with Gasteiger partial charge >= 0.3 is 5.97 Å². The second-order valence-corrected chi connectivity index (χ2v) is 10.8. The smallest absolute Gasteiger partial charge is 0.303 e. The Kier molecular flexibility index (Phi) is 5.03. The van der Waals surface area contributed by atoms with Crippen LogP contribution < -0.4 is 10.9 Å². The van der Waals surface area contributed by atoms with E-state index in [1.165, 1.54) is 0 Å². The van der Waals surface area contributed by atoms with Crippen molar-refractivity contribution < 1.29 is 9.90 Å². The van der Waals surface area contributed by atoms with Crippen LogP contribution in [0.5, 0.6) is 0 Å². The molecule has 6 nitrogen and oxygen atoms in total. The predicted molar refractivity (Wildman–Crippen MR) is 121 cm³/mol. The van der Waals surface area contributed by atoms with Gasteiger partial charge in [0.25, 0.3) is 5.56 Å². The Morgan fingerprint density at radius 1 is 1.16 bits per heavy atom. The number of rotatable bonds is 5. The van der Waals surface area contributed by atoms with Crippen molar-refractivity contribution in [2.24, 2.45) is 17.3 Å². The highest BCUT2D eigenvalue weighted by Gasteiger charge is 2.59. The van der Waals surface area contributed by atoms with Gasteiger partial charge in [-0.25, -0.2) is 4.68 Å². The third kappa shape index (κ3) is 3.62. The van der Waals surface area contributed by atoms with E-state index in [2.05, 4.69) is 10.4 Å². The van der Waals surface area contributed by atoms with Crippen LogP contribution in [0, 0.1) is 17.3 Å². The lowest BCUT2D eigenvalue weighted by Crippen LogP contribution is -2.59. The van der Waals surface area contributed by atoms with Crippen molar-refractivity contribution in [1.82, 2.24) is 9.78 Å². The first-order chi connectivity index (χ1) is 14.7. The van der Waals surface area contributed by atoms with Crippen molar-refractivity contribution in [3.63, 3.8) is 0 Å². The summed E-state index contributed by atoms with van der Waals surface area (Å²) in [4.78, 5) is 24.9. The molecule has 2 N–H and O–H groups in total. The van der Waals surface area contributed by atoms with Crippen LogP contribution in [0.25, 0.3) is 0 Å². The number of aromatic nitrogens is 2. The number of carbonyl (C=O) groups is 1. The normalized spacial score (nSPS) is 31.1. The number of nitrogens with zero attached hydrogens (tertiary/aromatic N) is 2. The molecule has 1 heterocycles. The Bertz CT molecular complexity index is 1120. The third-order valence-electron chi connectivity index (χ3n) is 7.24. The number of aliphatic carboxylic acids is 1. The maximum Gasteiger partial charge on any atom is 0.303 e. The molecule has 4 aliphatic rings. The number of hydrogen-bond acceptors (Lipinski definition) is 4. The van der Waals surface area contributed by atoms with Crippen LogP contribution in [-0.4, -0.2) is 20.9 Å². The molecule has 0 saturated heterocycles. The van der Waals surface area contributed by atoms with Crippen molar-refractivity contribution in [2.45, 2.75) is 50.5 Å². The van der Waals surface area contributed by atoms with E-state index in [0.717, 1.165) is 32.1 Å². The van der Waals surface area contributed by atoms with E-state index in [9.17, 15) is 14.7 Å². The zero-order valence-electron chi connectivity index (χ0n) is 16.7. The van der Waals surface area contributed by atoms with Gasteiger partial charge in [0.15, 0.2) is 0 Å². The Hall–Kier alpha value is -1.76. The van der Waals surface area contributed by atoms with Crippen molar-refractivity contribution >= 4 is 52.1 Å². The lowest BCUT2D eigenvalue weighted by molar-refractivity contribution is -0.151. The van der Waals surface area contributed by atoms with E-state index in [1.807, 2.05) is 0 Å². The second kappa shape index (κ2) is 7.39. The summed E-state index contributed by atoms with van der Waals surface area (Å²) in [6, 6.07) is 5.05. The monoisotopic (exact) mass is 481 g/mol. The fraction of sp³-hybridized carbons (Fsp3) is 0.500. The van der Waals surface area contributed by atoms with Gasteiger partial charge in [-0.3, -0.25) is 9.59 Å². The number of nitrogens with one attached hydrogen (secondary N) is 1. The van der Waals surface area contributed by atoms with Gasteiger partial charge in [-0.1, -0.05) is 34.8 Å². The molecule has 0 spiro atoms. The summed E-state index contributed by atoms with van der Waals surface area (Å²) in [5, 5.41) is 18.0. The Morgan fingerprint density at radius 3 is 2.52 bits per heavy atom. The Morgan fingerprint density at radius 2 is 1.87 bits per heavy atom.